The fourth-order valence-electron chi connectivity index (χ4n) is 2.67. The number of alkyl halides is 3. The minimum Gasteiger partial charge on any atom is -0.394 e. The van der Waals surface area contributed by atoms with Crippen molar-refractivity contribution in [2.75, 3.05) is 6.61 Å². The summed E-state index contributed by atoms with van der Waals surface area (Å²) in [5.41, 5.74) is -0.861. The largest absolute Gasteiger partial charge is 0.416 e. The third-order valence-electron chi connectivity index (χ3n) is 3.94. The van der Waals surface area contributed by atoms with Crippen molar-refractivity contribution in [1.29, 1.82) is 0 Å². The maximum atomic E-state index is 14.2. The summed E-state index contributed by atoms with van der Waals surface area (Å²) in [6.45, 7) is 1.01. The Bertz CT molecular complexity index is 1030. The Kier molecular flexibility index (Phi) is 4.83. The van der Waals surface area contributed by atoms with Crippen molar-refractivity contribution in [3.63, 3.8) is 0 Å². The number of hydrogen-bond donors (Lipinski definition) is 2. The van der Waals surface area contributed by atoms with Gasteiger partial charge in [-0.15, -0.1) is 0 Å². The average Bonchev–Trinajstić information content (AvgIpc) is 3.05. The Morgan fingerprint density at radius 3 is 2.63 bits per heavy atom. The number of hydrogen-bond acceptors (Lipinski definition) is 4. The quantitative estimate of drug-likeness (QED) is 0.680. The van der Waals surface area contributed by atoms with Gasteiger partial charge in [0.05, 0.1) is 24.1 Å². The molecule has 0 bridgehead atoms. The van der Waals surface area contributed by atoms with Crippen LogP contribution in [0.15, 0.2) is 41.5 Å². The van der Waals surface area contributed by atoms with Crippen molar-refractivity contribution in [3.05, 3.63) is 69.8 Å². The van der Waals surface area contributed by atoms with Crippen LogP contribution in [0.25, 0.3) is 11.3 Å². The molecule has 27 heavy (non-hydrogen) atoms. The van der Waals surface area contributed by atoms with Crippen LogP contribution in [0.4, 0.5) is 17.6 Å². The van der Waals surface area contributed by atoms with Crippen molar-refractivity contribution in [3.8, 4) is 11.3 Å². The number of aromatic nitrogens is 4. The van der Waals surface area contributed by atoms with Crippen LogP contribution in [0.5, 0.6) is 0 Å². The first-order valence-corrected chi connectivity index (χ1v) is 7.79. The Morgan fingerprint density at radius 1 is 1.30 bits per heavy atom. The summed E-state index contributed by atoms with van der Waals surface area (Å²) in [6.07, 6.45) is -1.87. The fraction of sp³-hybridized carbons (Fsp3) is 0.235. The summed E-state index contributed by atoms with van der Waals surface area (Å²) < 4.78 is 53.5. The normalized spacial score (nSPS) is 13.0. The van der Waals surface area contributed by atoms with E-state index in [0.717, 1.165) is 12.1 Å². The third-order valence-corrected chi connectivity index (χ3v) is 3.94. The molecule has 0 saturated carbocycles. The zero-order valence-corrected chi connectivity index (χ0v) is 14.0. The second kappa shape index (κ2) is 6.95. The van der Waals surface area contributed by atoms with E-state index in [1.807, 2.05) is 0 Å². The van der Waals surface area contributed by atoms with Gasteiger partial charge in [-0.3, -0.25) is 9.48 Å². The molecule has 1 aromatic carbocycles. The minimum absolute atomic E-state index is 0.143. The van der Waals surface area contributed by atoms with Crippen molar-refractivity contribution in [1.82, 2.24) is 19.7 Å². The molecule has 0 aliphatic rings. The van der Waals surface area contributed by atoms with Crippen LogP contribution >= 0.6 is 0 Å². The molecular formula is C17H14F4N4O2. The summed E-state index contributed by atoms with van der Waals surface area (Å²) in [7, 11) is 0. The van der Waals surface area contributed by atoms with Crippen LogP contribution in [0.3, 0.4) is 0 Å². The van der Waals surface area contributed by atoms with Crippen molar-refractivity contribution >= 4 is 0 Å². The maximum Gasteiger partial charge on any atom is 0.416 e. The van der Waals surface area contributed by atoms with Gasteiger partial charge >= 0.3 is 6.18 Å². The van der Waals surface area contributed by atoms with Crippen molar-refractivity contribution in [2.24, 2.45) is 0 Å². The van der Waals surface area contributed by atoms with Crippen LogP contribution in [-0.2, 0) is 6.18 Å². The smallest absolute Gasteiger partial charge is 0.394 e. The number of aliphatic hydroxyl groups excluding tert-OH is 1. The predicted octanol–water partition coefficient (Wildman–Crippen LogP) is 2.68. The molecule has 2 N–H and O–H groups in total. The Balaban J connectivity index is 1.98. The minimum atomic E-state index is -4.67. The second-order valence-corrected chi connectivity index (χ2v) is 5.86. The Hall–Kier alpha value is -3.01. The predicted molar refractivity (Wildman–Crippen MR) is 87.4 cm³/mol. The van der Waals surface area contributed by atoms with Crippen LogP contribution in [0.2, 0.25) is 0 Å². The molecule has 2 heterocycles. The molecule has 0 spiro atoms. The molecule has 0 fully saturated rings. The lowest BCUT2D eigenvalue weighted by Gasteiger charge is -2.17. The van der Waals surface area contributed by atoms with Gasteiger partial charge in [-0.1, -0.05) is 6.07 Å². The number of aromatic amines is 1. The molecule has 2 aromatic heterocycles. The molecule has 1 atom stereocenters. The van der Waals surface area contributed by atoms with E-state index in [-0.39, 0.29) is 11.1 Å². The average molecular weight is 382 g/mol. The van der Waals surface area contributed by atoms with Gasteiger partial charge in [-0.05, 0) is 19.1 Å². The number of nitrogens with one attached hydrogen (secondary N) is 1. The third kappa shape index (κ3) is 3.90. The van der Waals surface area contributed by atoms with E-state index in [1.165, 1.54) is 23.1 Å². The monoisotopic (exact) mass is 382 g/mol. The molecule has 3 aromatic rings. The molecule has 142 valence electrons. The zero-order chi connectivity index (χ0) is 19.8. The highest BCUT2D eigenvalue weighted by molar-refractivity contribution is 5.56. The number of nitrogens with zero attached hydrogens (tertiary/aromatic N) is 3. The molecule has 0 saturated heterocycles. The van der Waals surface area contributed by atoms with Gasteiger partial charge in [0.25, 0.3) is 5.56 Å². The van der Waals surface area contributed by atoms with Crippen LogP contribution in [0, 0.1) is 12.7 Å². The summed E-state index contributed by atoms with van der Waals surface area (Å²) >= 11 is 0. The summed E-state index contributed by atoms with van der Waals surface area (Å²) in [6, 6.07) is 2.30. The zero-order valence-electron chi connectivity index (χ0n) is 14.0. The van der Waals surface area contributed by atoms with Crippen LogP contribution < -0.4 is 5.56 Å². The Labute approximate surface area is 150 Å². The van der Waals surface area contributed by atoms with E-state index in [0.29, 0.717) is 23.1 Å². The number of aliphatic hydroxyl groups is 1. The van der Waals surface area contributed by atoms with Crippen molar-refractivity contribution < 1.29 is 22.7 Å². The van der Waals surface area contributed by atoms with Gasteiger partial charge in [-0.2, -0.15) is 18.3 Å². The SMILES string of the molecule is Cc1nc(-c2cnn([C@H](CO)c3ccc(C(F)(F)F)cc3F)c2)cc(=O)[nH]1. The molecule has 6 nitrogen and oxygen atoms in total. The molecule has 0 aliphatic carbocycles. The number of rotatable bonds is 4. The van der Waals surface area contributed by atoms with Gasteiger partial charge in [0.1, 0.15) is 17.7 Å². The van der Waals surface area contributed by atoms with E-state index in [2.05, 4.69) is 15.1 Å². The first-order valence-electron chi connectivity index (χ1n) is 7.79. The van der Waals surface area contributed by atoms with E-state index in [9.17, 15) is 27.5 Å². The molecule has 10 heteroatoms. The molecular weight excluding hydrogens is 368 g/mol. The number of halogens is 4. The lowest BCUT2D eigenvalue weighted by atomic mass is 10.0. The van der Waals surface area contributed by atoms with Gasteiger partial charge in [0, 0.05) is 23.4 Å². The number of H-pyrrole nitrogens is 1. The highest BCUT2D eigenvalue weighted by atomic mass is 19.4. The molecule has 0 radical (unpaired) electrons. The molecule has 3 rings (SSSR count). The first kappa shape index (κ1) is 18.8. The maximum absolute atomic E-state index is 14.2. The standard InChI is InChI=1S/C17H14F4N4O2/c1-9-23-14(5-16(27)24-9)10-6-22-25(7-10)15(8-26)12-3-2-11(4-13(12)18)17(19,20)21/h2-7,15,26H,8H2,1H3,(H,23,24,27)/t15-/m1/s1. The summed E-state index contributed by atoms with van der Waals surface area (Å²) in [5.74, 6) is -0.719. The van der Waals surface area contributed by atoms with E-state index in [1.54, 1.807) is 6.92 Å². The van der Waals surface area contributed by atoms with Crippen LogP contribution in [-0.4, -0.2) is 31.5 Å². The highest BCUT2D eigenvalue weighted by Gasteiger charge is 2.32. The highest BCUT2D eigenvalue weighted by Crippen LogP contribution is 2.32. The molecule has 0 unspecified atom stereocenters. The van der Waals surface area contributed by atoms with Gasteiger partial charge in [-0.25, -0.2) is 9.37 Å². The topological polar surface area (TPSA) is 83.8 Å². The van der Waals surface area contributed by atoms with Crippen LogP contribution in [0.1, 0.15) is 23.0 Å². The lowest BCUT2D eigenvalue weighted by molar-refractivity contribution is -0.137. The Morgan fingerprint density at radius 2 is 2.04 bits per heavy atom. The first-order chi connectivity index (χ1) is 12.7. The van der Waals surface area contributed by atoms with Gasteiger partial charge in [0.2, 0.25) is 0 Å². The number of aryl methyl sites for hydroxylation is 1. The number of benzene rings is 1. The van der Waals surface area contributed by atoms with Gasteiger partial charge < -0.3 is 10.1 Å². The second-order valence-electron chi connectivity index (χ2n) is 5.86. The summed E-state index contributed by atoms with van der Waals surface area (Å²) in [5, 5.41) is 13.7. The lowest BCUT2D eigenvalue weighted by Crippen LogP contribution is -2.17. The fourth-order valence-corrected chi connectivity index (χ4v) is 2.67. The van der Waals surface area contributed by atoms with Crippen molar-refractivity contribution in [2.45, 2.75) is 19.1 Å². The molecule has 0 aliphatic heterocycles. The molecule has 0 amide bonds. The van der Waals surface area contributed by atoms with Gasteiger partial charge in [0.15, 0.2) is 0 Å². The van der Waals surface area contributed by atoms with E-state index >= 15 is 0 Å². The summed E-state index contributed by atoms with van der Waals surface area (Å²) in [4.78, 5) is 18.2. The van der Waals surface area contributed by atoms with E-state index < -0.39 is 30.2 Å². The van der Waals surface area contributed by atoms with E-state index in [4.69, 9.17) is 0 Å².